The third-order valence-electron chi connectivity index (χ3n) is 2.17. The first-order chi connectivity index (χ1) is 7.78. The van der Waals surface area contributed by atoms with Gasteiger partial charge >= 0.3 is 0 Å². The zero-order valence-corrected chi connectivity index (χ0v) is 8.76. The van der Waals surface area contributed by atoms with Gasteiger partial charge in [0.05, 0.1) is 0 Å². The van der Waals surface area contributed by atoms with E-state index < -0.39 is 0 Å². The van der Waals surface area contributed by atoms with E-state index in [0.717, 1.165) is 5.56 Å². The van der Waals surface area contributed by atoms with Crippen LogP contribution in [0.4, 0.5) is 0 Å². The van der Waals surface area contributed by atoms with E-state index in [9.17, 15) is 0 Å². The van der Waals surface area contributed by atoms with Gasteiger partial charge in [-0.15, -0.1) is 0 Å². The molecule has 0 aliphatic rings. The Balaban J connectivity index is 2.05. The van der Waals surface area contributed by atoms with Crippen LogP contribution in [-0.2, 0) is 12.8 Å². The van der Waals surface area contributed by atoms with Crippen molar-refractivity contribution in [3.05, 3.63) is 41.5 Å². The van der Waals surface area contributed by atoms with E-state index in [-0.39, 0.29) is 5.75 Å². The first-order valence-corrected chi connectivity index (χ1v) is 5.07. The predicted molar refractivity (Wildman–Crippen MR) is 58.0 cm³/mol. The standard InChI is InChI=1S/C11H13N3O2/c12-6-5-11-13-10(14-16-11)7-8-1-3-9(15)4-2-8/h1-4,15H,5-7,12H2. The Morgan fingerprint density at radius 1 is 1.25 bits per heavy atom. The Morgan fingerprint density at radius 2 is 2.00 bits per heavy atom. The second-order valence-corrected chi connectivity index (χ2v) is 3.49. The van der Waals surface area contributed by atoms with E-state index in [1.165, 1.54) is 0 Å². The zero-order valence-electron chi connectivity index (χ0n) is 8.76. The van der Waals surface area contributed by atoms with E-state index in [1.807, 2.05) is 12.1 Å². The third-order valence-corrected chi connectivity index (χ3v) is 2.17. The number of phenols is 1. The number of hydrogen-bond donors (Lipinski definition) is 2. The first kappa shape index (κ1) is 10.6. The lowest BCUT2D eigenvalue weighted by Gasteiger charge is -1.96. The number of phenolic OH excluding ortho intramolecular Hbond substituents is 1. The molecule has 3 N–H and O–H groups in total. The minimum Gasteiger partial charge on any atom is -0.508 e. The molecule has 0 aliphatic heterocycles. The predicted octanol–water partition coefficient (Wildman–Crippen LogP) is 0.867. The topological polar surface area (TPSA) is 85.2 Å². The first-order valence-electron chi connectivity index (χ1n) is 5.07. The lowest BCUT2D eigenvalue weighted by molar-refractivity contribution is 0.375. The quantitative estimate of drug-likeness (QED) is 0.796. The van der Waals surface area contributed by atoms with Crippen LogP contribution in [0.1, 0.15) is 17.3 Å². The van der Waals surface area contributed by atoms with Crippen LogP contribution < -0.4 is 5.73 Å². The molecule has 84 valence electrons. The molecule has 0 unspecified atom stereocenters. The van der Waals surface area contributed by atoms with Gasteiger partial charge < -0.3 is 15.4 Å². The van der Waals surface area contributed by atoms with Gasteiger partial charge in [-0.3, -0.25) is 0 Å². The average Bonchev–Trinajstić information content (AvgIpc) is 2.70. The molecule has 0 spiro atoms. The number of aromatic hydroxyl groups is 1. The highest BCUT2D eigenvalue weighted by Crippen LogP contribution is 2.12. The van der Waals surface area contributed by atoms with E-state index in [1.54, 1.807) is 12.1 Å². The Hall–Kier alpha value is -1.88. The summed E-state index contributed by atoms with van der Waals surface area (Å²) in [6, 6.07) is 6.93. The molecule has 0 saturated heterocycles. The van der Waals surface area contributed by atoms with Gasteiger partial charge in [0.1, 0.15) is 5.75 Å². The maximum absolute atomic E-state index is 9.13. The average molecular weight is 219 g/mol. The van der Waals surface area contributed by atoms with Crippen LogP contribution in [0.5, 0.6) is 5.75 Å². The Kier molecular flexibility index (Phi) is 3.16. The molecule has 0 bridgehead atoms. The summed E-state index contributed by atoms with van der Waals surface area (Å²) in [6.45, 7) is 0.501. The van der Waals surface area contributed by atoms with Crippen LogP contribution in [0, 0.1) is 0 Å². The smallest absolute Gasteiger partial charge is 0.227 e. The van der Waals surface area contributed by atoms with E-state index in [2.05, 4.69) is 10.1 Å². The molecule has 0 radical (unpaired) electrons. The second-order valence-electron chi connectivity index (χ2n) is 3.49. The van der Waals surface area contributed by atoms with Crippen molar-refractivity contribution in [3.63, 3.8) is 0 Å². The highest BCUT2D eigenvalue weighted by atomic mass is 16.5. The van der Waals surface area contributed by atoms with Gasteiger partial charge in [-0.05, 0) is 17.7 Å². The largest absolute Gasteiger partial charge is 0.508 e. The number of aromatic nitrogens is 2. The molecule has 16 heavy (non-hydrogen) atoms. The number of rotatable bonds is 4. The molecule has 5 heteroatoms. The number of nitrogens with two attached hydrogens (primary N) is 1. The van der Waals surface area contributed by atoms with Crippen LogP contribution in [0.2, 0.25) is 0 Å². The molecule has 2 aromatic rings. The monoisotopic (exact) mass is 219 g/mol. The van der Waals surface area contributed by atoms with Crippen LogP contribution in [-0.4, -0.2) is 21.8 Å². The molecule has 1 aromatic heterocycles. The van der Waals surface area contributed by atoms with Crippen LogP contribution in [0.15, 0.2) is 28.8 Å². The molecule has 0 saturated carbocycles. The molecule has 0 atom stereocenters. The van der Waals surface area contributed by atoms with Gasteiger partial charge in [-0.2, -0.15) is 4.98 Å². The van der Waals surface area contributed by atoms with Gasteiger partial charge in [0, 0.05) is 19.4 Å². The SMILES string of the molecule is NCCc1nc(Cc2ccc(O)cc2)no1. The molecule has 0 fully saturated rings. The van der Waals surface area contributed by atoms with Gasteiger partial charge in [-0.25, -0.2) is 0 Å². The highest BCUT2D eigenvalue weighted by Gasteiger charge is 2.06. The van der Waals surface area contributed by atoms with E-state index >= 15 is 0 Å². The highest BCUT2D eigenvalue weighted by molar-refractivity contribution is 5.27. The fourth-order valence-electron chi connectivity index (χ4n) is 1.38. The van der Waals surface area contributed by atoms with Gasteiger partial charge in [0.2, 0.25) is 5.89 Å². The number of benzene rings is 1. The van der Waals surface area contributed by atoms with Crippen molar-refractivity contribution < 1.29 is 9.63 Å². The summed E-state index contributed by atoms with van der Waals surface area (Å²) in [5.41, 5.74) is 6.41. The van der Waals surface area contributed by atoms with Crippen molar-refractivity contribution in [2.45, 2.75) is 12.8 Å². The van der Waals surface area contributed by atoms with Crippen LogP contribution in [0.3, 0.4) is 0 Å². The molecule has 2 rings (SSSR count). The lowest BCUT2D eigenvalue weighted by atomic mass is 10.1. The third kappa shape index (κ3) is 2.58. The number of hydrogen-bond acceptors (Lipinski definition) is 5. The molecular weight excluding hydrogens is 206 g/mol. The minimum absolute atomic E-state index is 0.251. The normalized spacial score (nSPS) is 10.6. The Bertz CT molecular complexity index is 451. The van der Waals surface area contributed by atoms with E-state index in [0.29, 0.717) is 31.1 Å². The Labute approximate surface area is 92.9 Å². The fourth-order valence-corrected chi connectivity index (χ4v) is 1.38. The molecule has 0 amide bonds. The maximum atomic E-state index is 9.13. The maximum Gasteiger partial charge on any atom is 0.227 e. The lowest BCUT2D eigenvalue weighted by Crippen LogP contribution is -2.02. The van der Waals surface area contributed by atoms with Crippen molar-refractivity contribution in [1.82, 2.24) is 10.1 Å². The molecule has 1 heterocycles. The van der Waals surface area contributed by atoms with Crippen molar-refractivity contribution in [2.75, 3.05) is 6.54 Å². The summed E-state index contributed by atoms with van der Waals surface area (Å²) in [4.78, 5) is 4.20. The summed E-state index contributed by atoms with van der Waals surface area (Å²) in [6.07, 6.45) is 1.19. The summed E-state index contributed by atoms with van der Waals surface area (Å²) < 4.78 is 5.01. The van der Waals surface area contributed by atoms with Crippen LogP contribution in [0.25, 0.3) is 0 Å². The van der Waals surface area contributed by atoms with Gasteiger partial charge in [-0.1, -0.05) is 17.3 Å². The van der Waals surface area contributed by atoms with Gasteiger partial charge in [0.25, 0.3) is 0 Å². The minimum atomic E-state index is 0.251. The van der Waals surface area contributed by atoms with E-state index in [4.69, 9.17) is 15.4 Å². The molecule has 0 aliphatic carbocycles. The zero-order chi connectivity index (χ0) is 11.4. The van der Waals surface area contributed by atoms with Crippen molar-refractivity contribution in [2.24, 2.45) is 5.73 Å². The molecular formula is C11H13N3O2. The Morgan fingerprint density at radius 3 is 2.69 bits per heavy atom. The molecule has 5 nitrogen and oxygen atoms in total. The van der Waals surface area contributed by atoms with Crippen molar-refractivity contribution >= 4 is 0 Å². The van der Waals surface area contributed by atoms with Crippen LogP contribution >= 0.6 is 0 Å². The fraction of sp³-hybridized carbons (Fsp3) is 0.273. The summed E-state index contributed by atoms with van der Waals surface area (Å²) in [5.74, 6) is 1.45. The summed E-state index contributed by atoms with van der Waals surface area (Å²) >= 11 is 0. The molecule has 1 aromatic carbocycles. The summed E-state index contributed by atoms with van der Waals surface area (Å²) in [7, 11) is 0. The second kappa shape index (κ2) is 4.76. The van der Waals surface area contributed by atoms with Crippen molar-refractivity contribution in [1.29, 1.82) is 0 Å². The summed E-state index contributed by atoms with van der Waals surface area (Å²) in [5, 5.41) is 13.0. The van der Waals surface area contributed by atoms with Gasteiger partial charge in [0.15, 0.2) is 5.82 Å². The number of nitrogens with zero attached hydrogens (tertiary/aromatic N) is 2. The van der Waals surface area contributed by atoms with Crippen molar-refractivity contribution in [3.8, 4) is 5.75 Å².